The molecule has 0 amide bonds. The molecule has 1 atom stereocenters. The number of aliphatic carboxylic acids is 1. The van der Waals surface area contributed by atoms with Crippen LogP contribution in [0.2, 0.25) is 0 Å². The maximum absolute atomic E-state index is 11.8. The summed E-state index contributed by atoms with van der Waals surface area (Å²) in [7, 11) is 0. The molecule has 0 bridgehead atoms. The Morgan fingerprint density at radius 1 is 1.26 bits per heavy atom. The van der Waals surface area contributed by atoms with E-state index in [4.69, 9.17) is 0 Å². The first-order valence-electron chi connectivity index (χ1n) is 7.90. The van der Waals surface area contributed by atoms with E-state index in [1.807, 2.05) is 0 Å². The lowest BCUT2D eigenvalue weighted by atomic mass is 9.89. The second-order valence-electron chi connectivity index (χ2n) is 6.21. The van der Waals surface area contributed by atoms with Crippen molar-refractivity contribution in [1.82, 2.24) is 10.2 Å². The molecule has 1 heterocycles. The predicted octanol–water partition coefficient (Wildman–Crippen LogP) is 2.24. The molecule has 1 aliphatic carbocycles. The second-order valence-corrected chi connectivity index (χ2v) is 6.21. The van der Waals surface area contributed by atoms with Gasteiger partial charge in [0, 0.05) is 12.6 Å². The zero-order valence-electron chi connectivity index (χ0n) is 12.2. The number of nitrogens with one attached hydrogen (secondary N) is 1. The van der Waals surface area contributed by atoms with Crippen molar-refractivity contribution >= 4 is 5.97 Å². The van der Waals surface area contributed by atoms with Crippen LogP contribution in [-0.4, -0.2) is 47.2 Å². The van der Waals surface area contributed by atoms with Gasteiger partial charge in [-0.1, -0.05) is 19.8 Å². The van der Waals surface area contributed by atoms with E-state index in [0.29, 0.717) is 6.04 Å². The van der Waals surface area contributed by atoms with Crippen LogP contribution in [0.15, 0.2) is 0 Å². The standard InChI is InChI=1S/C15H28N2O2/c1-2-10-17-11-5-8-15(9-12-17,14(18)19)16-13-6-3-4-7-13/h13,16H,2-12H2,1H3,(H,18,19). The summed E-state index contributed by atoms with van der Waals surface area (Å²) in [6.45, 7) is 5.25. The number of rotatable bonds is 5. The molecule has 0 aromatic rings. The van der Waals surface area contributed by atoms with Crippen LogP contribution in [0.5, 0.6) is 0 Å². The average Bonchev–Trinajstić information content (AvgIpc) is 2.79. The van der Waals surface area contributed by atoms with Gasteiger partial charge in [0.1, 0.15) is 5.54 Å². The molecular weight excluding hydrogens is 240 g/mol. The van der Waals surface area contributed by atoms with E-state index in [9.17, 15) is 9.90 Å². The quantitative estimate of drug-likeness (QED) is 0.803. The Hall–Kier alpha value is -0.610. The average molecular weight is 268 g/mol. The second kappa shape index (κ2) is 6.71. The van der Waals surface area contributed by atoms with E-state index >= 15 is 0 Å². The SMILES string of the molecule is CCCN1CCCC(NC2CCCC2)(C(=O)O)CC1. The lowest BCUT2D eigenvalue weighted by Gasteiger charge is -2.32. The van der Waals surface area contributed by atoms with Gasteiger partial charge in [0.2, 0.25) is 0 Å². The lowest BCUT2D eigenvalue weighted by molar-refractivity contribution is -0.146. The largest absolute Gasteiger partial charge is 0.480 e. The van der Waals surface area contributed by atoms with Gasteiger partial charge in [-0.2, -0.15) is 0 Å². The van der Waals surface area contributed by atoms with Crippen LogP contribution in [0.4, 0.5) is 0 Å². The summed E-state index contributed by atoms with van der Waals surface area (Å²) in [6.07, 6.45) is 8.45. The first-order valence-corrected chi connectivity index (χ1v) is 7.90. The third kappa shape index (κ3) is 3.69. The minimum absolute atomic E-state index is 0.425. The lowest BCUT2D eigenvalue weighted by Crippen LogP contribution is -2.55. The zero-order chi connectivity index (χ0) is 13.7. The van der Waals surface area contributed by atoms with Crippen molar-refractivity contribution in [2.75, 3.05) is 19.6 Å². The minimum atomic E-state index is -0.669. The molecule has 0 radical (unpaired) electrons. The van der Waals surface area contributed by atoms with Gasteiger partial charge < -0.3 is 10.0 Å². The van der Waals surface area contributed by atoms with Crippen LogP contribution in [0.1, 0.15) is 58.3 Å². The van der Waals surface area contributed by atoms with Gasteiger partial charge in [-0.3, -0.25) is 10.1 Å². The molecule has 19 heavy (non-hydrogen) atoms. The first kappa shape index (κ1) is 14.8. The van der Waals surface area contributed by atoms with Crippen molar-refractivity contribution in [1.29, 1.82) is 0 Å². The maximum Gasteiger partial charge on any atom is 0.323 e. The highest BCUT2D eigenvalue weighted by molar-refractivity contribution is 5.79. The molecule has 1 aliphatic heterocycles. The molecule has 1 unspecified atom stereocenters. The van der Waals surface area contributed by atoms with Crippen molar-refractivity contribution in [3.8, 4) is 0 Å². The number of hydrogen-bond donors (Lipinski definition) is 2. The van der Waals surface area contributed by atoms with Crippen LogP contribution < -0.4 is 5.32 Å². The molecule has 0 aromatic heterocycles. The smallest absolute Gasteiger partial charge is 0.323 e. The van der Waals surface area contributed by atoms with Gasteiger partial charge in [0.05, 0.1) is 0 Å². The van der Waals surface area contributed by atoms with Crippen LogP contribution in [0.3, 0.4) is 0 Å². The maximum atomic E-state index is 11.8. The molecular formula is C15H28N2O2. The molecule has 1 saturated heterocycles. The molecule has 0 aromatic carbocycles. The zero-order valence-corrected chi connectivity index (χ0v) is 12.2. The van der Waals surface area contributed by atoms with E-state index in [2.05, 4.69) is 17.1 Å². The molecule has 4 heteroatoms. The highest BCUT2D eigenvalue weighted by Crippen LogP contribution is 2.27. The van der Waals surface area contributed by atoms with E-state index in [1.54, 1.807) is 0 Å². The van der Waals surface area contributed by atoms with Gasteiger partial charge in [-0.25, -0.2) is 0 Å². The van der Waals surface area contributed by atoms with Crippen molar-refractivity contribution < 1.29 is 9.90 Å². The van der Waals surface area contributed by atoms with Crippen LogP contribution in [-0.2, 0) is 4.79 Å². The summed E-state index contributed by atoms with van der Waals surface area (Å²) in [6, 6.07) is 0.425. The Balaban J connectivity index is 1.99. The highest BCUT2D eigenvalue weighted by atomic mass is 16.4. The van der Waals surface area contributed by atoms with Crippen molar-refractivity contribution in [2.45, 2.75) is 69.9 Å². The van der Waals surface area contributed by atoms with E-state index in [1.165, 1.54) is 12.8 Å². The topological polar surface area (TPSA) is 52.6 Å². The molecule has 2 fully saturated rings. The number of carboxylic acids is 1. The van der Waals surface area contributed by atoms with Crippen LogP contribution in [0.25, 0.3) is 0 Å². The number of carboxylic acid groups (broad SMARTS) is 1. The molecule has 2 rings (SSSR count). The van der Waals surface area contributed by atoms with Gasteiger partial charge in [-0.05, 0) is 51.6 Å². The Morgan fingerprint density at radius 3 is 2.63 bits per heavy atom. The Kier molecular flexibility index (Phi) is 5.22. The van der Waals surface area contributed by atoms with Crippen LogP contribution >= 0.6 is 0 Å². The summed E-state index contributed by atoms with van der Waals surface area (Å²) >= 11 is 0. The minimum Gasteiger partial charge on any atom is -0.480 e. The van der Waals surface area contributed by atoms with Gasteiger partial charge >= 0.3 is 5.97 Å². The number of carbonyl (C=O) groups is 1. The van der Waals surface area contributed by atoms with E-state index in [-0.39, 0.29) is 0 Å². The number of likely N-dealkylation sites (tertiary alicyclic amines) is 1. The Bertz CT molecular complexity index is 303. The summed E-state index contributed by atoms with van der Waals surface area (Å²) in [5.74, 6) is -0.641. The fourth-order valence-corrected chi connectivity index (χ4v) is 3.61. The first-order chi connectivity index (χ1) is 9.16. The van der Waals surface area contributed by atoms with E-state index < -0.39 is 11.5 Å². The molecule has 2 aliphatic rings. The summed E-state index contributed by atoms with van der Waals surface area (Å²) in [5.41, 5.74) is -0.669. The summed E-state index contributed by atoms with van der Waals surface area (Å²) < 4.78 is 0. The van der Waals surface area contributed by atoms with Gasteiger partial charge in [0.25, 0.3) is 0 Å². The normalized spacial score (nSPS) is 30.4. The fraction of sp³-hybridized carbons (Fsp3) is 0.933. The Morgan fingerprint density at radius 2 is 2.00 bits per heavy atom. The van der Waals surface area contributed by atoms with Crippen LogP contribution in [0, 0.1) is 0 Å². The number of nitrogens with zero attached hydrogens (tertiary/aromatic N) is 1. The summed E-state index contributed by atoms with van der Waals surface area (Å²) in [4.78, 5) is 14.2. The third-order valence-electron chi connectivity index (χ3n) is 4.72. The molecule has 1 saturated carbocycles. The fourth-order valence-electron chi connectivity index (χ4n) is 3.61. The highest BCUT2D eigenvalue weighted by Gasteiger charge is 2.41. The van der Waals surface area contributed by atoms with Gasteiger partial charge in [0.15, 0.2) is 0 Å². The van der Waals surface area contributed by atoms with E-state index in [0.717, 1.165) is 58.2 Å². The molecule has 0 spiro atoms. The van der Waals surface area contributed by atoms with Crippen molar-refractivity contribution in [3.63, 3.8) is 0 Å². The predicted molar refractivity (Wildman–Crippen MR) is 76.3 cm³/mol. The molecule has 4 nitrogen and oxygen atoms in total. The third-order valence-corrected chi connectivity index (χ3v) is 4.72. The van der Waals surface area contributed by atoms with Gasteiger partial charge in [-0.15, -0.1) is 0 Å². The molecule has 110 valence electrons. The summed E-state index contributed by atoms with van der Waals surface area (Å²) in [5, 5.41) is 13.2. The monoisotopic (exact) mass is 268 g/mol. The number of hydrogen-bond acceptors (Lipinski definition) is 3. The molecule has 2 N–H and O–H groups in total. The van der Waals surface area contributed by atoms with Crippen molar-refractivity contribution in [2.24, 2.45) is 0 Å². The Labute approximate surface area is 116 Å². The van der Waals surface area contributed by atoms with Crippen molar-refractivity contribution in [3.05, 3.63) is 0 Å².